The Bertz CT molecular complexity index is 917. The summed E-state index contributed by atoms with van der Waals surface area (Å²) in [6, 6.07) is 13.8. The number of benzene rings is 2. The van der Waals surface area contributed by atoms with Gasteiger partial charge in [-0.1, -0.05) is 28.1 Å². The van der Waals surface area contributed by atoms with Crippen LogP contribution in [0.3, 0.4) is 0 Å². The van der Waals surface area contributed by atoms with Gasteiger partial charge < -0.3 is 10.1 Å². The van der Waals surface area contributed by atoms with Crippen molar-refractivity contribution in [2.45, 2.75) is 0 Å². The van der Waals surface area contributed by atoms with Crippen molar-refractivity contribution in [1.29, 1.82) is 0 Å². The minimum atomic E-state index is -1.19. The third-order valence-electron chi connectivity index (χ3n) is 3.21. The molecule has 0 aliphatic heterocycles. The summed E-state index contributed by atoms with van der Waals surface area (Å²) in [4.78, 5) is 16.1. The molecule has 0 radical (unpaired) electrons. The quantitative estimate of drug-likeness (QED) is 0.652. The summed E-state index contributed by atoms with van der Waals surface area (Å²) >= 11 is 3.34. The number of nitrogens with one attached hydrogen (secondary N) is 1. The lowest BCUT2D eigenvalue weighted by atomic mass is 10.2. The van der Waals surface area contributed by atoms with Crippen LogP contribution in [0.1, 0.15) is 10.4 Å². The maximum absolute atomic E-state index is 13.6. The molecule has 0 bridgehead atoms. The Hall–Kier alpha value is -2.80. The lowest BCUT2D eigenvalue weighted by Gasteiger charge is -2.08. The van der Waals surface area contributed by atoms with Gasteiger partial charge in [-0.25, -0.2) is 13.8 Å². The fourth-order valence-electron chi connectivity index (χ4n) is 2.04. The average Bonchev–Trinajstić information content (AvgIpc) is 2.59. The molecule has 0 fully saturated rings. The standard InChI is InChI=1S/C18H11BrF2N2O2/c19-11-3-1-4-13(9-11)25-16-8-7-12(10-22-16)23-18(24)14-5-2-6-15(20)17(14)21/h1-10H,(H,23,24). The number of carbonyl (C=O) groups is 1. The van der Waals surface area contributed by atoms with Gasteiger partial charge in [0.15, 0.2) is 11.6 Å². The lowest BCUT2D eigenvalue weighted by Crippen LogP contribution is -2.14. The van der Waals surface area contributed by atoms with Gasteiger partial charge in [0.25, 0.3) is 5.91 Å². The van der Waals surface area contributed by atoms with E-state index < -0.39 is 17.5 Å². The summed E-state index contributed by atoms with van der Waals surface area (Å²) in [6.45, 7) is 0. The molecule has 0 aliphatic rings. The number of hydrogen-bond donors (Lipinski definition) is 1. The van der Waals surface area contributed by atoms with Crippen molar-refractivity contribution in [3.8, 4) is 11.6 Å². The largest absolute Gasteiger partial charge is 0.439 e. The number of aromatic nitrogens is 1. The van der Waals surface area contributed by atoms with E-state index in [0.29, 0.717) is 17.3 Å². The summed E-state index contributed by atoms with van der Waals surface area (Å²) in [5.41, 5.74) is -0.0512. The van der Waals surface area contributed by atoms with E-state index in [2.05, 4.69) is 26.2 Å². The van der Waals surface area contributed by atoms with Gasteiger partial charge in [0.2, 0.25) is 5.88 Å². The van der Waals surface area contributed by atoms with E-state index in [1.165, 1.54) is 18.3 Å². The van der Waals surface area contributed by atoms with Crippen LogP contribution in [0, 0.1) is 11.6 Å². The molecule has 3 rings (SSSR count). The number of pyridine rings is 1. The van der Waals surface area contributed by atoms with Crippen molar-refractivity contribution in [3.05, 3.63) is 82.5 Å². The van der Waals surface area contributed by atoms with Crippen LogP contribution in [-0.2, 0) is 0 Å². The fourth-order valence-corrected chi connectivity index (χ4v) is 2.42. The first kappa shape index (κ1) is 17.0. The monoisotopic (exact) mass is 404 g/mol. The maximum atomic E-state index is 13.6. The molecule has 1 N–H and O–H groups in total. The zero-order valence-electron chi connectivity index (χ0n) is 12.7. The summed E-state index contributed by atoms with van der Waals surface area (Å²) in [5, 5.41) is 2.46. The SMILES string of the molecule is O=C(Nc1ccc(Oc2cccc(Br)c2)nc1)c1cccc(F)c1F. The second-order valence-corrected chi connectivity index (χ2v) is 5.92. The van der Waals surface area contributed by atoms with E-state index in [-0.39, 0.29) is 5.56 Å². The molecule has 0 atom stereocenters. The van der Waals surface area contributed by atoms with Crippen molar-refractivity contribution in [2.75, 3.05) is 5.32 Å². The van der Waals surface area contributed by atoms with Crippen molar-refractivity contribution in [2.24, 2.45) is 0 Å². The molecular weight excluding hydrogens is 394 g/mol. The van der Waals surface area contributed by atoms with Gasteiger partial charge in [-0.2, -0.15) is 0 Å². The number of carbonyl (C=O) groups excluding carboxylic acids is 1. The second-order valence-electron chi connectivity index (χ2n) is 5.00. The highest BCUT2D eigenvalue weighted by molar-refractivity contribution is 9.10. The number of hydrogen-bond acceptors (Lipinski definition) is 3. The lowest BCUT2D eigenvalue weighted by molar-refractivity contribution is 0.102. The molecule has 1 aromatic heterocycles. The van der Waals surface area contributed by atoms with Gasteiger partial charge in [0.1, 0.15) is 5.75 Å². The minimum absolute atomic E-state index is 0.327. The molecule has 1 heterocycles. The zero-order chi connectivity index (χ0) is 17.8. The Balaban J connectivity index is 1.70. The topological polar surface area (TPSA) is 51.2 Å². The van der Waals surface area contributed by atoms with Crippen LogP contribution < -0.4 is 10.1 Å². The van der Waals surface area contributed by atoms with Crippen LogP contribution in [0.2, 0.25) is 0 Å². The van der Waals surface area contributed by atoms with Gasteiger partial charge in [-0.05, 0) is 36.4 Å². The molecule has 0 saturated carbocycles. The number of ether oxygens (including phenoxy) is 1. The Morgan fingerprint density at radius 3 is 2.60 bits per heavy atom. The molecule has 7 heteroatoms. The van der Waals surface area contributed by atoms with E-state index >= 15 is 0 Å². The Kier molecular flexibility index (Phi) is 5.04. The third kappa shape index (κ3) is 4.19. The number of rotatable bonds is 4. The van der Waals surface area contributed by atoms with Gasteiger partial charge in [-0.3, -0.25) is 4.79 Å². The van der Waals surface area contributed by atoms with Gasteiger partial charge >= 0.3 is 0 Å². The van der Waals surface area contributed by atoms with Gasteiger partial charge in [-0.15, -0.1) is 0 Å². The first-order valence-electron chi connectivity index (χ1n) is 7.18. The summed E-state index contributed by atoms with van der Waals surface area (Å²) in [6.07, 6.45) is 1.36. The predicted molar refractivity (Wildman–Crippen MR) is 92.8 cm³/mol. The fraction of sp³-hybridized carbons (Fsp3) is 0. The highest BCUT2D eigenvalue weighted by atomic mass is 79.9. The number of nitrogens with zero attached hydrogens (tertiary/aromatic N) is 1. The molecule has 0 unspecified atom stereocenters. The molecule has 126 valence electrons. The van der Waals surface area contributed by atoms with Crippen LogP contribution in [0.5, 0.6) is 11.6 Å². The van der Waals surface area contributed by atoms with Crippen molar-refractivity contribution < 1.29 is 18.3 Å². The Morgan fingerprint density at radius 2 is 1.88 bits per heavy atom. The highest BCUT2D eigenvalue weighted by Crippen LogP contribution is 2.24. The minimum Gasteiger partial charge on any atom is -0.439 e. The molecule has 0 spiro atoms. The van der Waals surface area contributed by atoms with E-state index in [9.17, 15) is 13.6 Å². The molecule has 0 saturated heterocycles. The number of amides is 1. The van der Waals surface area contributed by atoms with E-state index in [1.807, 2.05) is 12.1 Å². The Labute approximate surface area is 150 Å². The van der Waals surface area contributed by atoms with Crippen LogP contribution in [-0.4, -0.2) is 10.9 Å². The highest BCUT2D eigenvalue weighted by Gasteiger charge is 2.15. The van der Waals surface area contributed by atoms with Gasteiger partial charge in [0.05, 0.1) is 17.4 Å². The molecule has 1 amide bonds. The first-order chi connectivity index (χ1) is 12.0. The Morgan fingerprint density at radius 1 is 1.08 bits per heavy atom. The van der Waals surface area contributed by atoms with E-state index in [0.717, 1.165) is 10.5 Å². The smallest absolute Gasteiger partial charge is 0.258 e. The van der Waals surface area contributed by atoms with Crippen molar-refractivity contribution in [1.82, 2.24) is 4.98 Å². The van der Waals surface area contributed by atoms with Crippen LogP contribution >= 0.6 is 15.9 Å². The van der Waals surface area contributed by atoms with Crippen LogP contribution in [0.4, 0.5) is 14.5 Å². The predicted octanol–water partition coefficient (Wildman–Crippen LogP) is 5.17. The van der Waals surface area contributed by atoms with E-state index in [4.69, 9.17) is 4.74 Å². The van der Waals surface area contributed by atoms with Crippen molar-refractivity contribution >= 4 is 27.5 Å². The molecule has 2 aromatic carbocycles. The van der Waals surface area contributed by atoms with Gasteiger partial charge in [0, 0.05) is 10.5 Å². The maximum Gasteiger partial charge on any atom is 0.258 e. The normalized spacial score (nSPS) is 10.4. The molecule has 3 aromatic rings. The van der Waals surface area contributed by atoms with Crippen molar-refractivity contribution in [3.63, 3.8) is 0 Å². The zero-order valence-corrected chi connectivity index (χ0v) is 14.3. The number of halogens is 3. The third-order valence-corrected chi connectivity index (χ3v) is 3.70. The summed E-state index contributed by atoms with van der Waals surface area (Å²) in [7, 11) is 0. The average molecular weight is 405 g/mol. The summed E-state index contributed by atoms with van der Waals surface area (Å²) < 4.78 is 33.2. The second kappa shape index (κ2) is 7.40. The molecule has 25 heavy (non-hydrogen) atoms. The summed E-state index contributed by atoms with van der Waals surface area (Å²) in [5.74, 6) is -2.11. The first-order valence-corrected chi connectivity index (χ1v) is 7.97. The van der Waals surface area contributed by atoms with E-state index in [1.54, 1.807) is 24.3 Å². The van der Waals surface area contributed by atoms with Crippen LogP contribution in [0.15, 0.2) is 65.3 Å². The molecule has 0 aliphatic carbocycles. The number of anilines is 1. The van der Waals surface area contributed by atoms with Crippen LogP contribution in [0.25, 0.3) is 0 Å². The molecule has 4 nitrogen and oxygen atoms in total. The molecular formula is C18H11BrF2N2O2.